The van der Waals surface area contributed by atoms with Crippen LogP contribution in [0.25, 0.3) is 11.4 Å². The van der Waals surface area contributed by atoms with E-state index in [1.165, 1.54) is 16.7 Å². The standard InChI is InChI=1S/C20H21N3O/c1-14-21-20(22-24-14)16-8-9-18-17(12-16)13-23(2)11-10-19(18)15-6-4-3-5-7-15/h3-9,12,19H,10-11,13H2,1-2H3. The monoisotopic (exact) mass is 319 g/mol. The predicted octanol–water partition coefficient (Wildman–Crippen LogP) is 4.01. The number of aryl methyl sites for hydroxylation is 1. The molecule has 0 fully saturated rings. The second-order valence-electron chi connectivity index (χ2n) is 6.54. The van der Waals surface area contributed by atoms with Crippen LogP contribution < -0.4 is 0 Å². The Bertz CT molecular complexity index is 841. The highest BCUT2D eigenvalue weighted by molar-refractivity contribution is 5.58. The van der Waals surface area contributed by atoms with E-state index in [0.29, 0.717) is 17.6 Å². The molecule has 4 nitrogen and oxygen atoms in total. The summed E-state index contributed by atoms with van der Waals surface area (Å²) in [7, 11) is 2.18. The Morgan fingerprint density at radius 3 is 2.71 bits per heavy atom. The van der Waals surface area contributed by atoms with Crippen molar-refractivity contribution >= 4 is 0 Å². The van der Waals surface area contributed by atoms with Crippen LogP contribution in [0.2, 0.25) is 0 Å². The summed E-state index contributed by atoms with van der Waals surface area (Å²) in [4.78, 5) is 6.74. The Balaban J connectivity index is 1.78. The number of fused-ring (bicyclic) bond motifs is 1. The van der Waals surface area contributed by atoms with E-state index in [0.717, 1.165) is 25.1 Å². The topological polar surface area (TPSA) is 42.2 Å². The Morgan fingerprint density at radius 1 is 1.12 bits per heavy atom. The molecule has 3 aromatic rings. The molecule has 1 unspecified atom stereocenters. The van der Waals surface area contributed by atoms with Crippen molar-refractivity contribution in [2.45, 2.75) is 25.8 Å². The number of aromatic nitrogens is 2. The molecular weight excluding hydrogens is 298 g/mol. The van der Waals surface area contributed by atoms with Crippen LogP contribution in [0.5, 0.6) is 0 Å². The number of benzene rings is 2. The quantitative estimate of drug-likeness (QED) is 0.715. The molecule has 4 heteroatoms. The van der Waals surface area contributed by atoms with Crippen molar-refractivity contribution in [3.05, 3.63) is 71.1 Å². The van der Waals surface area contributed by atoms with Gasteiger partial charge in [0.1, 0.15) is 0 Å². The Hall–Kier alpha value is -2.46. The first-order valence-corrected chi connectivity index (χ1v) is 8.38. The Morgan fingerprint density at radius 2 is 1.96 bits per heavy atom. The zero-order chi connectivity index (χ0) is 16.5. The van der Waals surface area contributed by atoms with Crippen molar-refractivity contribution in [2.24, 2.45) is 0 Å². The van der Waals surface area contributed by atoms with Crippen LogP contribution in [-0.4, -0.2) is 28.6 Å². The minimum Gasteiger partial charge on any atom is -0.339 e. The SMILES string of the molecule is Cc1nc(-c2ccc3c(c2)CN(C)CCC3c2ccccc2)no1. The highest BCUT2D eigenvalue weighted by Gasteiger charge is 2.23. The molecule has 24 heavy (non-hydrogen) atoms. The predicted molar refractivity (Wildman–Crippen MR) is 93.7 cm³/mol. The van der Waals surface area contributed by atoms with E-state index in [1.807, 2.05) is 6.92 Å². The fraction of sp³-hybridized carbons (Fsp3) is 0.300. The minimum absolute atomic E-state index is 0.437. The van der Waals surface area contributed by atoms with E-state index in [-0.39, 0.29) is 0 Å². The molecule has 1 aliphatic rings. The summed E-state index contributed by atoms with van der Waals surface area (Å²) in [6.45, 7) is 3.85. The van der Waals surface area contributed by atoms with Gasteiger partial charge < -0.3 is 9.42 Å². The normalized spacial score (nSPS) is 18.2. The Kier molecular flexibility index (Phi) is 3.90. The maximum Gasteiger partial charge on any atom is 0.223 e. The van der Waals surface area contributed by atoms with Gasteiger partial charge in [-0.15, -0.1) is 0 Å². The number of nitrogens with zero attached hydrogens (tertiary/aromatic N) is 3. The van der Waals surface area contributed by atoms with E-state index in [9.17, 15) is 0 Å². The first kappa shape index (κ1) is 15.1. The summed E-state index contributed by atoms with van der Waals surface area (Å²) in [5.74, 6) is 1.70. The van der Waals surface area contributed by atoms with Crippen molar-refractivity contribution in [2.75, 3.05) is 13.6 Å². The Labute approximate surface area is 142 Å². The highest BCUT2D eigenvalue weighted by Crippen LogP contribution is 2.35. The van der Waals surface area contributed by atoms with Gasteiger partial charge in [-0.2, -0.15) is 4.98 Å². The van der Waals surface area contributed by atoms with Gasteiger partial charge in [-0.3, -0.25) is 0 Å². The van der Waals surface area contributed by atoms with Gasteiger partial charge in [-0.05, 0) is 42.8 Å². The van der Waals surface area contributed by atoms with E-state index in [2.05, 4.69) is 70.6 Å². The van der Waals surface area contributed by atoms with Crippen LogP contribution in [0.3, 0.4) is 0 Å². The lowest BCUT2D eigenvalue weighted by Crippen LogP contribution is -2.17. The first-order chi connectivity index (χ1) is 11.7. The maximum absolute atomic E-state index is 5.13. The fourth-order valence-corrected chi connectivity index (χ4v) is 3.54. The van der Waals surface area contributed by atoms with Gasteiger partial charge in [0.15, 0.2) is 0 Å². The number of hydrogen-bond donors (Lipinski definition) is 0. The average molecular weight is 319 g/mol. The summed E-state index contributed by atoms with van der Waals surface area (Å²) < 4.78 is 5.13. The summed E-state index contributed by atoms with van der Waals surface area (Å²) in [6, 6.07) is 17.4. The first-order valence-electron chi connectivity index (χ1n) is 8.38. The highest BCUT2D eigenvalue weighted by atomic mass is 16.5. The third-order valence-electron chi connectivity index (χ3n) is 4.75. The fourth-order valence-electron chi connectivity index (χ4n) is 3.54. The second kappa shape index (κ2) is 6.21. The third kappa shape index (κ3) is 2.85. The van der Waals surface area contributed by atoms with Gasteiger partial charge in [-0.1, -0.05) is 47.6 Å². The molecule has 1 aliphatic heterocycles. The maximum atomic E-state index is 5.13. The third-order valence-corrected chi connectivity index (χ3v) is 4.75. The lowest BCUT2D eigenvalue weighted by molar-refractivity contribution is 0.328. The average Bonchev–Trinajstić information content (AvgIpc) is 2.96. The number of rotatable bonds is 2. The minimum atomic E-state index is 0.437. The van der Waals surface area contributed by atoms with Crippen molar-refractivity contribution in [3.63, 3.8) is 0 Å². The molecule has 1 aromatic heterocycles. The van der Waals surface area contributed by atoms with E-state index in [4.69, 9.17) is 4.52 Å². The molecule has 0 saturated heterocycles. The van der Waals surface area contributed by atoms with E-state index in [1.54, 1.807) is 0 Å². The van der Waals surface area contributed by atoms with Crippen molar-refractivity contribution in [1.29, 1.82) is 0 Å². The molecular formula is C20H21N3O. The molecule has 2 aromatic carbocycles. The summed E-state index contributed by atoms with van der Waals surface area (Å²) in [6.07, 6.45) is 1.13. The zero-order valence-electron chi connectivity index (χ0n) is 14.1. The molecule has 0 spiro atoms. The van der Waals surface area contributed by atoms with Gasteiger partial charge in [0.05, 0.1) is 0 Å². The van der Waals surface area contributed by atoms with Crippen molar-refractivity contribution in [3.8, 4) is 11.4 Å². The zero-order valence-corrected chi connectivity index (χ0v) is 14.1. The molecule has 1 atom stereocenters. The summed E-state index contributed by atoms with van der Waals surface area (Å²) in [5.41, 5.74) is 5.17. The van der Waals surface area contributed by atoms with Gasteiger partial charge >= 0.3 is 0 Å². The second-order valence-corrected chi connectivity index (χ2v) is 6.54. The molecule has 0 aliphatic carbocycles. The van der Waals surface area contributed by atoms with Crippen LogP contribution >= 0.6 is 0 Å². The number of hydrogen-bond acceptors (Lipinski definition) is 4. The molecule has 122 valence electrons. The van der Waals surface area contributed by atoms with Gasteiger partial charge in [0.2, 0.25) is 11.7 Å². The van der Waals surface area contributed by atoms with Gasteiger partial charge in [0, 0.05) is 24.9 Å². The van der Waals surface area contributed by atoms with E-state index >= 15 is 0 Å². The van der Waals surface area contributed by atoms with Gasteiger partial charge in [0.25, 0.3) is 0 Å². The largest absolute Gasteiger partial charge is 0.339 e. The molecule has 0 amide bonds. The van der Waals surface area contributed by atoms with Gasteiger partial charge in [-0.25, -0.2) is 0 Å². The van der Waals surface area contributed by atoms with Crippen LogP contribution in [0, 0.1) is 6.92 Å². The van der Waals surface area contributed by atoms with Crippen LogP contribution in [0.4, 0.5) is 0 Å². The lowest BCUT2D eigenvalue weighted by Gasteiger charge is -2.18. The molecule has 0 N–H and O–H groups in total. The smallest absolute Gasteiger partial charge is 0.223 e. The van der Waals surface area contributed by atoms with Crippen LogP contribution in [0.1, 0.15) is 34.9 Å². The molecule has 2 heterocycles. The molecule has 0 radical (unpaired) electrons. The molecule has 4 rings (SSSR count). The van der Waals surface area contributed by atoms with Crippen LogP contribution in [0.15, 0.2) is 53.1 Å². The van der Waals surface area contributed by atoms with Crippen molar-refractivity contribution in [1.82, 2.24) is 15.0 Å². The van der Waals surface area contributed by atoms with E-state index < -0.39 is 0 Å². The summed E-state index contributed by atoms with van der Waals surface area (Å²) in [5, 5.41) is 4.05. The molecule has 0 saturated carbocycles. The lowest BCUT2D eigenvalue weighted by atomic mass is 9.86. The van der Waals surface area contributed by atoms with Crippen LogP contribution in [-0.2, 0) is 6.54 Å². The molecule has 0 bridgehead atoms. The summed E-state index contributed by atoms with van der Waals surface area (Å²) >= 11 is 0. The van der Waals surface area contributed by atoms with Crippen molar-refractivity contribution < 1.29 is 4.52 Å².